The third-order valence-electron chi connectivity index (χ3n) is 10.7. The molecule has 3 heterocycles. The summed E-state index contributed by atoms with van der Waals surface area (Å²) >= 11 is 0. The van der Waals surface area contributed by atoms with E-state index in [2.05, 4.69) is 146 Å². The highest BCUT2D eigenvalue weighted by molar-refractivity contribution is 6.11. The van der Waals surface area contributed by atoms with Crippen molar-refractivity contribution in [1.29, 1.82) is 0 Å². The highest BCUT2D eigenvalue weighted by Crippen LogP contribution is 2.42. The minimum Gasteiger partial charge on any atom is -0.455 e. The zero-order valence-electron chi connectivity index (χ0n) is 30.2. The number of hydrogen-bond donors (Lipinski definition) is 0. The quantitative estimate of drug-likeness (QED) is 0.172. The van der Waals surface area contributed by atoms with E-state index in [9.17, 15) is 0 Å². The molecule has 56 heavy (non-hydrogen) atoms. The van der Waals surface area contributed by atoms with Gasteiger partial charge in [-0.1, -0.05) is 152 Å². The number of nitrogens with zero attached hydrogens (tertiary/aromatic N) is 2. The van der Waals surface area contributed by atoms with Gasteiger partial charge in [-0.2, -0.15) is 0 Å². The van der Waals surface area contributed by atoms with Crippen LogP contribution in [0, 0.1) is 0 Å². The molecular formula is C52H32N2O2. The first kappa shape index (κ1) is 31.9. The van der Waals surface area contributed by atoms with Crippen LogP contribution in [0.1, 0.15) is 0 Å². The monoisotopic (exact) mass is 716 g/mol. The van der Waals surface area contributed by atoms with E-state index in [-0.39, 0.29) is 0 Å². The Labute approximate surface area is 323 Å². The van der Waals surface area contributed by atoms with Gasteiger partial charge >= 0.3 is 0 Å². The summed E-state index contributed by atoms with van der Waals surface area (Å²) in [6.45, 7) is 0. The van der Waals surface area contributed by atoms with Crippen LogP contribution in [0.2, 0.25) is 0 Å². The average Bonchev–Trinajstić information content (AvgIpc) is 3.86. The Morgan fingerprint density at radius 2 is 0.714 bits per heavy atom. The van der Waals surface area contributed by atoms with Gasteiger partial charge in [-0.3, -0.25) is 0 Å². The Balaban J connectivity index is 1.17. The van der Waals surface area contributed by atoms with E-state index in [0.717, 1.165) is 105 Å². The molecule has 4 heteroatoms. The topological polar surface area (TPSA) is 52.1 Å². The van der Waals surface area contributed by atoms with E-state index in [1.807, 2.05) is 48.5 Å². The third kappa shape index (κ3) is 5.47. The molecule has 0 aliphatic heterocycles. The van der Waals surface area contributed by atoms with E-state index in [4.69, 9.17) is 18.8 Å². The van der Waals surface area contributed by atoms with Crippen molar-refractivity contribution in [2.24, 2.45) is 0 Å². The molecule has 0 spiro atoms. The Hall–Kier alpha value is -7.56. The molecular weight excluding hydrogens is 685 g/mol. The molecule has 0 aliphatic carbocycles. The zero-order chi connectivity index (χ0) is 37.0. The average molecular weight is 717 g/mol. The predicted octanol–water partition coefficient (Wildman–Crippen LogP) is 14.3. The van der Waals surface area contributed by atoms with Gasteiger partial charge < -0.3 is 8.83 Å². The number of furan rings is 2. The molecule has 262 valence electrons. The van der Waals surface area contributed by atoms with Crippen molar-refractivity contribution in [2.45, 2.75) is 0 Å². The minimum atomic E-state index is 0.628. The van der Waals surface area contributed by atoms with Gasteiger partial charge in [0.05, 0.1) is 11.4 Å². The fraction of sp³-hybridized carbons (Fsp3) is 0. The van der Waals surface area contributed by atoms with Crippen LogP contribution in [0.15, 0.2) is 203 Å². The summed E-state index contributed by atoms with van der Waals surface area (Å²) < 4.78 is 13.2. The first-order valence-corrected chi connectivity index (χ1v) is 18.8. The van der Waals surface area contributed by atoms with Crippen molar-refractivity contribution in [3.8, 4) is 67.3 Å². The summed E-state index contributed by atoms with van der Waals surface area (Å²) in [7, 11) is 0. The van der Waals surface area contributed by atoms with Crippen molar-refractivity contribution in [3.05, 3.63) is 194 Å². The SMILES string of the molecule is c1ccc(-c2cccc(-c3cc(-c4ccccc4)nc(-c4cc(-c5cccc6c5oc5ccccc56)cc(-c5cccc6c5oc5ccccc56)c4)n3)c2)cc1. The summed E-state index contributed by atoms with van der Waals surface area (Å²) in [6.07, 6.45) is 0. The lowest BCUT2D eigenvalue weighted by atomic mass is 9.93. The Morgan fingerprint density at radius 3 is 1.32 bits per heavy atom. The summed E-state index contributed by atoms with van der Waals surface area (Å²) in [5, 5.41) is 4.34. The van der Waals surface area contributed by atoms with E-state index in [0.29, 0.717) is 5.82 Å². The number of para-hydroxylation sites is 4. The smallest absolute Gasteiger partial charge is 0.160 e. The van der Waals surface area contributed by atoms with Crippen molar-refractivity contribution < 1.29 is 8.83 Å². The van der Waals surface area contributed by atoms with Gasteiger partial charge in [-0.05, 0) is 64.7 Å². The third-order valence-corrected chi connectivity index (χ3v) is 10.7. The number of rotatable bonds is 6. The lowest BCUT2D eigenvalue weighted by Gasteiger charge is -2.14. The molecule has 0 bridgehead atoms. The maximum Gasteiger partial charge on any atom is 0.160 e. The Morgan fingerprint density at radius 1 is 0.286 bits per heavy atom. The molecule has 8 aromatic carbocycles. The van der Waals surface area contributed by atoms with Crippen molar-refractivity contribution in [2.75, 3.05) is 0 Å². The molecule has 0 N–H and O–H groups in total. The van der Waals surface area contributed by atoms with Gasteiger partial charge in [0.2, 0.25) is 0 Å². The van der Waals surface area contributed by atoms with Gasteiger partial charge in [0.15, 0.2) is 5.82 Å². The molecule has 0 unspecified atom stereocenters. The molecule has 0 atom stereocenters. The normalized spacial score (nSPS) is 11.6. The van der Waals surface area contributed by atoms with Crippen LogP contribution in [0.4, 0.5) is 0 Å². The molecule has 0 amide bonds. The van der Waals surface area contributed by atoms with E-state index in [1.54, 1.807) is 0 Å². The second-order valence-electron chi connectivity index (χ2n) is 14.1. The van der Waals surface area contributed by atoms with Gasteiger partial charge in [0, 0.05) is 49.4 Å². The molecule has 0 aliphatic rings. The second kappa shape index (κ2) is 13.1. The molecule has 0 saturated heterocycles. The minimum absolute atomic E-state index is 0.628. The summed E-state index contributed by atoms with van der Waals surface area (Å²) in [5.41, 5.74) is 14.3. The fourth-order valence-corrected chi connectivity index (χ4v) is 7.99. The van der Waals surface area contributed by atoms with E-state index < -0.39 is 0 Å². The van der Waals surface area contributed by atoms with Gasteiger partial charge in [-0.25, -0.2) is 9.97 Å². The van der Waals surface area contributed by atoms with Gasteiger partial charge in [0.25, 0.3) is 0 Å². The van der Waals surface area contributed by atoms with E-state index in [1.165, 1.54) is 0 Å². The second-order valence-corrected chi connectivity index (χ2v) is 14.1. The van der Waals surface area contributed by atoms with Crippen LogP contribution in [0.5, 0.6) is 0 Å². The Bertz CT molecular complexity index is 3120. The first-order chi connectivity index (χ1) is 27.7. The molecule has 11 rings (SSSR count). The zero-order valence-corrected chi connectivity index (χ0v) is 30.2. The van der Waals surface area contributed by atoms with Crippen LogP contribution in [-0.2, 0) is 0 Å². The molecule has 0 saturated carbocycles. The number of aromatic nitrogens is 2. The summed E-state index contributed by atoms with van der Waals surface area (Å²) in [5.74, 6) is 0.628. The van der Waals surface area contributed by atoms with Crippen molar-refractivity contribution in [1.82, 2.24) is 9.97 Å². The molecule has 11 aromatic rings. The largest absolute Gasteiger partial charge is 0.455 e. The Kier molecular flexibility index (Phi) is 7.46. The fourth-order valence-electron chi connectivity index (χ4n) is 7.99. The first-order valence-electron chi connectivity index (χ1n) is 18.8. The van der Waals surface area contributed by atoms with Crippen molar-refractivity contribution >= 4 is 43.9 Å². The molecule has 0 fully saturated rings. The summed E-state index contributed by atoms with van der Waals surface area (Å²) in [6, 6.07) is 67.3. The number of benzene rings is 8. The maximum absolute atomic E-state index is 6.59. The standard InChI is InChI=1S/C52H32N2O2/c1-3-14-33(15-4-1)35-18-11-19-36(28-35)47-32-46(34-16-5-2-6-17-34)53-52(54-47)39-30-37(40-22-12-24-44-42-20-7-9-26-48(42)55-50(40)44)29-38(31-39)41-23-13-25-45-43-21-8-10-27-49(43)56-51(41)45/h1-32H. The van der Waals surface area contributed by atoms with Gasteiger partial charge in [-0.15, -0.1) is 0 Å². The van der Waals surface area contributed by atoms with Crippen molar-refractivity contribution in [3.63, 3.8) is 0 Å². The number of hydrogen-bond acceptors (Lipinski definition) is 4. The van der Waals surface area contributed by atoms with E-state index >= 15 is 0 Å². The van der Waals surface area contributed by atoms with Crippen LogP contribution in [-0.4, -0.2) is 9.97 Å². The lowest BCUT2D eigenvalue weighted by molar-refractivity contribution is 0.670. The highest BCUT2D eigenvalue weighted by atomic mass is 16.3. The summed E-state index contributed by atoms with van der Waals surface area (Å²) in [4.78, 5) is 10.6. The number of fused-ring (bicyclic) bond motifs is 6. The van der Waals surface area contributed by atoms with Crippen LogP contribution in [0.3, 0.4) is 0 Å². The highest BCUT2D eigenvalue weighted by Gasteiger charge is 2.19. The maximum atomic E-state index is 6.59. The van der Waals surface area contributed by atoms with Crippen LogP contribution in [0.25, 0.3) is 111 Å². The molecule has 4 nitrogen and oxygen atoms in total. The predicted molar refractivity (Wildman–Crippen MR) is 229 cm³/mol. The lowest BCUT2D eigenvalue weighted by Crippen LogP contribution is -1.97. The van der Waals surface area contributed by atoms with Crippen LogP contribution < -0.4 is 0 Å². The molecule has 3 aromatic heterocycles. The van der Waals surface area contributed by atoms with Gasteiger partial charge in [0.1, 0.15) is 22.3 Å². The molecule has 0 radical (unpaired) electrons. The van der Waals surface area contributed by atoms with Crippen LogP contribution >= 0.6 is 0 Å².